The SMILES string of the molecule is CCCCCN(CC(=O)N(Cc1ccccc1)Cc1cccn1Cc1cccc(OC)c1)C(=O)c1cccc([N+](=O)[O-])c1. The van der Waals surface area contributed by atoms with Crippen LogP contribution < -0.4 is 4.74 Å². The lowest BCUT2D eigenvalue weighted by atomic mass is 10.1. The highest BCUT2D eigenvalue weighted by Gasteiger charge is 2.24. The molecule has 2 amide bonds. The Balaban J connectivity index is 1.58. The number of non-ortho nitro benzene ring substituents is 1. The van der Waals surface area contributed by atoms with Crippen molar-refractivity contribution in [2.45, 2.75) is 45.8 Å². The van der Waals surface area contributed by atoms with Crippen LogP contribution in [-0.2, 0) is 24.4 Å². The van der Waals surface area contributed by atoms with Crippen molar-refractivity contribution in [2.75, 3.05) is 20.2 Å². The van der Waals surface area contributed by atoms with Gasteiger partial charge in [0.15, 0.2) is 0 Å². The average Bonchev–Trinajstić information content (AvgIpc) is 3.46. The predicted molar refractivity (Wildman–Crippen MR) is 166 cm³/mol. The third-order valence-electron chi connectivity index (χ3n) is 7.28. The molecule has 3 aromatic carbocycles. The molecule has 0 aliphatic carbocycles. The fraction of sp³-hybridized carbons (Fsp3) is 0.294. The van der Waals surface area contributed by atoms with E-state index in [-0.39, 0.29) is 23.7 Å². The first-order chi connectivity index (χ1) is 20.9. The van der Waals surface area contributed by atoms with Gasteiger partial charge in [0.25, 0.3) is 11.6 Å². The van der Waals surface area contributed by atoms with E-state index in [0.29, 0.717) is 26.2 Å². The lowest BCUT2D eigenvalue weighted by Crippen LogP contribution is -2.43. The molecule has 4 rings (SSSR count). The number of benzene rings is 3. The number of aromatic nitrogens is 1. The molecule has 0 unspecified atom stereocenters. The first kappa shape index (κ1) is 31.0. The van der Waals surface area contributed by atoms with E-state index < -0.39 is 10.8 Å². The molecule has 4 aromatic rings. The maximum Gasteiger partial charge on any atom is 0.270 e. The van der Waals surface area contributed by atoms with E-state index in [1.807, 2.05) is 72.9 Å². The third-order valence-corrected chi connectivity index (χ3v) is 7.28. The van der Waals surface area contributed by atoms with Crippen molar-refractivity contribution in [1.82, 2.24) is 14.4 Å². The van der Waals surface area contributed by atoms with Gasteiger partial charge in [-0.3, -0.25) is 19.7 Å². The van der Waals surface area contributed by atoms with Gasteiger partial charge in [0, 0.05) is 49.2 Å². The second-order valence-electron chi connectivity index (χ2n) is 10.5. The van der Waals surface area contributed by atoms with Crippen LogP contribution in [0.5, 0.6) is 5.75 Å². The molecule has 9 nitrogen and oxygen atoms in total. The summed E-state index contributed by atoms with van der Waals surface area (Å²) in [6, 6.07) is 27.3. The van der Waals surface area contributed by atoms with Crippen LogP contribution in [0.1, 0.15) is 53.4 Å². The number of nitro benzene ring substituents is 1. The van der Waals surface area contributed by atoms with Crippen LogP contribution in [-0.4, -0.2) is 51.3 Å². The van der Waals surface area contributed by atoms with Crippen molar-refractivity contribution in [1.29, 1.82) is 0 Å². The van der Waals surface area contributed by atoms with Crippen LogP contribution in [0.2, 0.25) is 0 Å². The van der Waals surface area contributed by atoms with Gasteiger partial charge in [0.1, 0.15) is 12.3 Å². The minimum atomic E-state index is -0.522. The largest absolute Gasteiger partial charge is 0.497 e. The molecule has 0 saturated carbocycles. The number of carbonyl (C=O) groups excluding carboxylic acids is 2. The van der Waals surface area contributed by atoms with Gasteiger partial charge < -0.3 is 19.1 Å². The fourth-order valence-corrected chi connectivity index (χ4v) is 4.95. The summed E-state index contributed by atoms with van der Waals surface area (Å²) in [6.45, 7) is 3.65. The number of methoxy groups -OCH3 is 1. The lowest BCUT2D eigenvalue weighted by molar-refractivity contribution is -0.384. The Kier molecular flexibility index (Phi) is 11.1. The Labute approximate surface area is 252 Å². The Morgan fingerprint density at radius 1 is 0.860 bits per heavy atom. The van der Waals surface area contributed by atoms with E-state index in [9.17, 15) is 19.7 Å². The number of nitrogens with zero attached hydrogens (tertiary/aromatic N) is 4. The van der Waals surface area contributed by atoms with Crippen LogP contribution in [0, 0.1) is 10.1 Å². The van der Waals surface area contributed by atoms with Crippen molar-refractivity contribution < 1.29 is 19.2 Å². The van der Waals surface area contributed by atoms with Gasteiger partial charge in [0.2, 0.25) is 5.91 Å². The first-order valence-electron chi connectivity index (χ1n) is 14.5. The summed E-state index contributed by atoms with van der Waals surface area (Å²) in [6.07, 6.45) is 4.57. The molecule has 0 spiro atoms. The predicted octanol–water partition coefficient (Wildman–Crippen LogP) is 6.31. The molecule has 0 aliphatic heterocycles. The maximum atomic E-state index is 14.0. The van der Waals surface area contributed by atoms with Crippen LogP contribution in [0.4, 0.5) is 5.69 Å². The third kappa shape index (κ3) is 8.78. The summed E-state index contributed by atoms with van der Waals surface area (Å²) in [7, 11) is 1.64. The molecule has 224 valence electrons. The van der Waals surface area contributed by atoms with Gasteiger partial charge in [-0.05, 0) is 47.9 Å². The quantitative estimate of drug-likeness (QED) is 0.0929. The highest BCUT2D eigenvalue weighted by molar-refractivity contribution is 5.97. The summed E-state index contributed by atoms with van der Waals surface area (Å²) in [4.78, 5) is 41.6. The van der Waals surface area contributed by atoms with Crippen molar-refractivity contribution in [3.63, 3.8) is 0 Å². The average molecular weight is 583 g/mol. The molecule has 0 fully saturated rings. The number of carbonyl (C=O) groups is 2. The summed E-state index contributed by atoms with van der Waals surface area (Å²) >= 11 is 0. The minimum absolute atomic E-state index is 0.130. The van der Waals surface area contributed by atoms with Gasteiger partial charge in [-0.15, -0.1) is 0 Å². The van der Waals surface area contributed by atoms with Gasteiger partial charge in [-0.1, -0.05) is 68.3 Å². The van der Waals surface area contributed by atoms with Gasteiger partial charge in [-0.2, -0.15) is 0 Å². The monoisotopic (exact) mass is 582 g/mol. The number of rotatable bonds is 15. The molecule has 1 heterocycles. The topological polar surface area (TPSA) is 97.9 Å². The first-order valence-corrected chi connectivity index (χ1v) is 14.5. The lowest BCUT2D eigenvalue weighted by Gasteiger charge is -2.28. The summed E-state index contributed by atoms with van der Waals surface area (Å²) in [5.41, 5.74) is 3.04. The summed E-state index contributed by atoms with van der Waals surface area (Å²) in [5, 5.41) is 11.3. The Hall–Kier alpha value is -4.92. The van der Waals surface area contributed by atoms with Crippen molar-refractivity contribution >= 4 is 17.5 Å². The van der Waals surface area contributed by atoms with Crippen LogP contribution in [0.15, 0.2) is 97.2 Å². The molecule has 0 saturated heterocycles. The van der Waals surface area contributed by atoms with Crippen LogP contribution in [0.3, 0.4) is 0 Å². The number of amides is 2. The zero-order valence-electron chi connectivity index (χ0n) is 24.7. The number of hydrogen-bond acceptors (Lipinski definition) is 5. The molecule has 0 bridgehead atoms. The summed E-state index contributed by atoms with van der Waals surface area (Å²) in [5.74, 6) is 0.186. The molecule has 1 aromatic heterocycles. The zero-order chi connectivity index (χ0) is 30.6. The van der Waals surface area contributed by atoms with Crippen LogP contribution >= 0.6 is 0 Å². The zero-order valence-corrected chi connectivity index (χ0v) is 24.7. The highest BCUT2D eigenvalue weighted by atomic mass is 16.6. The van der Waals surface area contributed by atoms with Crippen molar-refractivity contribution in [2.24, 2.45) is 0 Å². The van der Waals surface area contributed by atoms with E-state index in [1.165, 1.54) is 23.1 Å². The van der Waals surface area contributed by atoms with E-state index in [1.54, 1.807) is 18.1 Å². The van der Waals surface area contributed by atoms with E-state index >= 15 is 0 Å². The molecular weight excluding hydrogens is 544 g/mol. The molecule has 0 radical (unpaired) electrons. The Bertz CT molecular complexity index is 1520. The molecule has 0 atom stereocenters. The Morgan fingerprint density at radius 2 is 1.63 bits per heavy atom. The molecule has 0 N–H and O–H groups in total. The molecule has 43 heavy (non-hydrogen) atoms. The van der Waals surface area contributed by atoms with Crippen LogP contribution in [0.25, 0.3) is 0 Å². The number of unbranched alkanes of at least 4 members (excludes halogenated alkanes) is 2. The highest BCUT2D eigenvalue weighted by Crippen LogP contribution is 2.19. The number of hydrogen-bond donors (Lipinski definition) is 0. The normalized spacial score (nSPS) is 10.7. The number of nitro groups is 1. The minimum Gasteiger partial charge on any atom is -0.497 e. The summed E-state index contributed by atoms with van der Waals surface area (Å²) < 4.78 is 7.48. The maximum absolute atomic E-state index is 14.0. The van der Waals surface area contributed by atoms with E-state index in [0.717, 1.165) is 41.8 Å². The second kappa shape index (κ2) is 15.3. The standard InChI is InChI=1S/C34H38N4O5/c1-3-4-8-19-36(34(40)29-15-10-16-30(22-29)38(41)42)26-33(39)37(23-27-12-6-5-7-13-27)25-31-17-11-20-35(31)24-28-14-9-18-32(21-28)43-2/h5-7,9-18,20-22H,3-4,8,19,23-26H2,1-2H3. The fourth-order valence-electron chi connectivity index (χ4n) is 4.95. The number of ether oxygens (including phenoxy) is 1. The van der Waals surface area contributed by atoms with Gasteiger partial charge in [-0.25, -0.2) is 0 Å². The van der Waals surface area contributed by atoms with Gasteiger partial charge in [0.05, 0.1) is 18.6 Å². The van der Waals surface area contributed by atoms with Crippen molar-refractivity contribution in [3.05, 3.63) is 130 Å². The smallest absolute Gasteiger partial charge is 0.270 e. The molecule has 9 heteroatoms. The van der Waals surface area contributed by atoms with Gasteiger partial charge >= 0.3 is 0 Å². The van der Waals surface area contributed by atoms with E-state index in [4.69, 9.17) is 4.74 Å². The second-order valence-corrected chi connectivity index (χ2v) is 10.5. The van der Waals surface area contributed by atoms with E-state index in [2.05, 4.69) is 11.5 Å². The van der Waals surface area contributed by atoms with Crippen molar-refractivity contribution in [3.8, 4) is 5.75 Å². The Morgan fingerprint density at radius 3 is 2.37 bits per heavy atom. The molecule has 0 aliphatic rings. The molecular formula is C34H38N4O5.